The highest BCUT2D eigenvalue weighted by atomic mass is 16.5. The van der Waals surface area contributed by atoms with Gasteiger partial charge in [0.15, 0.2) is 0 Å². The van der Waals surface area contributed by atoms with Crippen LogP contribution in [-0.2, 0) is 11.2 Å². The summed E-state index contributed by atoms with van der Waals surface area (Å²) in [5, 5.41) is 23.8. The highest BCUT2D eigenvalue weighted by Crippen LogP contribution is 2.50. The molecule has 1 fully saturated rings. The van der Waals surface area contributed by atoms with Gasteiger partial charge in [-0.15, -0.1) is 0 Å². The van der Waals surface area contributed by atoms with Crippen LogP contribution < -0.4 is 4.74 Å². The molecule has 36 heavy (non-hydrogen) atoms. The summed E-state index contributed by atoms with van der Waals surface area (Å²) in [7, 11) is 0. The number of hydrogen-bond donors (Lipinski definition) is 1. The van der Waals surface area contributed by atoms with Gasteiger partial charge in [0.05, 0.1) is 30.4 Å². The molecule has 1 amide bonds. The van der Waals surface area contributed by atoms with Crippen molar-refractivity contribution in [3.63, 3.8) is 0 Å². The second kappa shape index (κ2) is 9.40. The maximum absolute atomic E-state index is 12.9. The van der Waals surface area contributed by atoms with Crippen LogP contribution in [0, 0.1) is 23.2 Å². The van der Waals surface area contributed by atoms with Gasteiger partial charge in [-0.05, 0) is 61.4 Å². The van der Waals surface area contributed by atoms with Crippen molar-refractivity contribution in [1.82, 2.24) is 15.0 Å². The number of benzene rings is 2. The molecule has 2 aliphatic rings. The van der Waals surface area contributed by atoms with Crippen molar-refractivity contribution >= 4 is 5.91 Å². The molecule has 8 heteroatoms. The van der Waals surface area contributed by atoms with Crippen LogP contribution in [0.2, 0.25) is 0 Å². The van der Waals surface area contributed by atoms with Crippen molar-refractivity contribution in [3.05, 3.63) is 53.1 Å². The summed E-state index contributed by atoms with van der Waals surface area (Å²) in [4.78, 5) is 19.4. The van der Waals surface area contributed by atoms with Gasteiger partial charge in [-0.2, -0.15) is 10.2 Å². The quantitative estimate of drug-likeness (QED) is 0.522. The number of fused-ring (bicyclic) bond motifs is 3. The minimum absolute atomic E-state index is 0.0444. The number of rotatable bonds is 7. The molecule has 3 aromatic rings. The Bertz CT molecular complexity index is 1340. The molecule has 2 aromatic carbocycles. The lowest BCUT2D eigenvalue weighted by Gasteiger charge is -2.35. The molecule has 186 valence electrons. The van der Waals surface area contributed by atoms with E-state index in [9.17, 15) is 15.2 Å². The number of amides is 1. The number of hydrogen-bond acceptors (Lipinski definition) is 7. The molecule has 5 rings (SSSR count). The van der Waals surface area contributed by atoms with E-state index in [1.54, 1.807) is 18.2 Å². The number of carbonyl (C=O) groups excluding carboxylic acids is 1. The van der Waals surface area contributed by atoms with Gasteiger partial charge in [0.25, 0.3) is 5.89 Å². The van der Waals surface area contributed by atoms with Crippen molar-refractivity contribution in [2.45, 2.75) is 58.7 Å². The fourth-order valence-corrected chi connectivity index (χ4v) is 5.56. The Balaban J connectivity index is 1.48. The van der Waals surface area contributed by atoms with Gasteiger partial charge in [-0.1, -0.05) is 37.2 Å². The van der Waals surface area contributed by atoms with E-state index >= 15 is 0 Å². The van der Waals surface area contributed by atoms with Gasteiger partial charge in [0, 0.05) is 17.5 Å². The molecular formula is C28H30N4O4. The number of aromatic nitrogens is 2. The van der Waals surface area contributed by atoms with Crippen molar-refractivity contribution in [3.8, 4) is 34.7 Å². The third-order valence-electron chi connectivity index (χ3n) is 7.16. The van der Waals surface area contributed by atoms with E-state index in [0.29, 0.717) is 35.0 Å². The van der Waals surface area contributed by atoms with E-state index in [1.807, 2.05) is 44.7 Å². The van der Waals surface area contributed by atoms with Crippen molar-refractivity contribution < 1.29 is 19.2 Å². The monoisotopic (exact) mass is 486 g/mol. The predicted octanol–water partition coefficient (Wildman–Crippen LogP) is 4.53. The lowest BCUT2D eigenvalue weighted by molar-refractivity contribution is -0.133. The molecule has 0 saturated carbocycles. The Morgan fingerprint density at radius 3 is 2.72 bits per heavy atom. The van der Waals surface area contributed by atoms with E-state index in [4.69, 9.17) is 9.26 Å². The van der Waals surface area contributed by atoms with E-state index < -0.39 is 0 Å². The van der Waals surface area contributed by atoms with Crippen molar-refractivity contribution in [1.29, 1.82) is 5.26 Å². The van der Waals surface area contributed by atoms with E-state index in [1.165, 1.54) is 0 Å². The van der Waals surface area contributed by atoms with E-state index in [2.05, 4.69) is 22.3 Å². The van der Waals surface area contributed by atoms with Gasteiger partial charge >= 0.3 is 0 Å². The van der Waals surface area contributed by atoms with Crippen LogP contribution in [0.1, 0.15) is 56.8 Å². The Hall–Kier alpha value is -3.70. The standard InChI is InChI=1S/C28H30N4O4/c1-15(2)23(14-33)32-25(34)12-18-11-22-20(26(18)32)6-5-7-21(22)27-30-28(36-31-27)17-8-9-24(35-16(3)4)19(10-17)13-29/h5-10,15-16,18,23,26,33H,11-12,14H2,1-4H3. The van der Waals surface area contributed by atoms with Crippen LogP contribution in [0.25, 0.3) is 22.8 Å². The molecule has 3 unspecified atom stereocenters. The summed E-state index contributed by atoms with van der Waals surface area (Å²) < 4.78 is 11.3. The van der Waals surface area contributed by atoms with Gasteiger partial charge in [-0.3, -0.25) is 4.79 Å². The average Bonchev–Trinajstić information content (AvgIpc) is 3.54. The number of carbonyl (C=O) groups is 1. The number of aliphatic hydroxyl groups is 1. The summed E-state index contributed by atoms with van der Waals surface area (Å²) in [5.74, 6) is 1.74. The first kappa shape index (κ1) is 24.0. The Kier molecular flexibility index (Phi) is 6.27. The molecule has 1 aromatic heterocycles. The van der Waals surface area contributed by atoms with E-state index in [0.717, 1.165) is 23.1 Å². The van der Waals surface area contributed by atoms with Crippen LogP contribution in [0.5, 0.6) is 5.75 Å². The summed E-state index contributed by atoms with van der Waals surface area (Å²) in [5.41, 5.74) is 4.15. The molecule has 1 aliphatic heterocycles. The predicted molar refractivity (Wildman–Crippen MR) is 133 cm³/mol. The molecule has 1 saturated heterocycles. The van der Waals surface area contributed by atoms with Crippen LogP contribution in [0.4, 0.5) is 0 Å². The highest BCUT2D eigenvalue weighted by Gasteiger charge is 2.49. The number of likely N-dealkylation sites (tertiary alicyclic amines) is 1. The Morgan fingerprint density at radius 2 is 2.03 bits per heavy atom. The molecule has 1 aliphatic carbocycles. The number of aliphatic hydroxyl groups excluding tert-OH is 1. The maximum atomic E-state index is 12.9. The zero-order chi connectivity index (χ0) is 25.6. The second-order valence-corrected chi connectivity index (χ2v) is 10.2. The molecule has 3 atom stereocenters. The average molecular weight is 487 g/mol. The minimum atomic E-state index is -0.212. The Morgan fingerprint density at radius 1 is 1.22 bits per heavy atom. The third kappa shape index (κ3) is 4.03. The maximum Gasteiger partial charge on any atom is 0.258 e. The van der Waals surface area contributed by atoms with Crippen LogP contribution >= 0.6 is 0 Å². The summed E-state index contributed by atoms with van der Waals surface area (Å²) in [6.07, 6.45) is 1.18. The number of nitrogens with zero attached hydrogens (tertiary/aromatic N) is 4. The van der Waals surface area contributed by atoms with Gasteiger partial charge in [-0.25, -0.2) is 0 Å². The third-order valence-corrected chi connectivity index (χ3v) is 7.16. The zero-order valence-corrected chi connectivity index (χ0v) is 20.9. The van der Waals surface area contributed by atoms with Crippen LogP contribution in [0.15, 0.2) is 40.9 Å². The lowest BCUT2D eigenvalue weighted by Crippen LogP contribution is -2.43. The molecule has 1 N–H and O–H groups in total. The molecule has 0 spiro atoms. The molecule has 8 nitrogen and oxygen atoms in total. The minimum Gasteiger partial charge on any atom is -0.490 e. The molecule has 0 radical (unpaired) electrons. The summed E-state index contributed by atoms with van der Waals surface area (Å²) in [6.45, 7) is 7.84. The molecule has 0 bridgehead atoms. The smallest absolute Gasteiger partial charge is 0.258 e. The molecular weight excluding hydrogens is 456 g/mol. The second-order valence-electron chi connectivity index (χ2n) is 10.2. The zero-order valence-electron chi connectivity index (χ0n) is 20.9. The summed E-state index contributed by atoms with van der Waals surface area (Å²) >= 11 is 0. The van der Waals surface area contributed by atoms with Crippen molar-refractivity contribution in [2.75, 3.05) is 6.61 Å². The first-order valence-electron chi connectivity index (χ1n) is 12.4. The normalized spacial score (nSPS) is 19.5. The lowest BCUT2D eigenvalue weighted by atomic mass is 9.97. The largest absolute Gasteiger partial charge is 0.490 e. The highest BCUT2D eigenvalue weighted by molar-refractivity contribution is 5.82. The van der Waals surface area contributed by atoms with Crippen LogP contribution in [-0.4, -0.2) is 44.8 Å². The van der Waals surface area contributed by atoms with E-state index in [-0.39, 0.29) is 42.5 Å². The van der Waals surface area contributed by atoms with Gasteiger partial charge in [0.2, 0.25) is 11.7 Å². The number of ether oxygens (including phenoxy) is 1. The van der Waals surface area contributed by atoms with Crippen LogP contribution in [0.3, 0.4) is 0 Å². The fraction of sp³-hybridized carbons (Fsp3) is 0.429. The first-order chi connectivity index (χ1) is 17.3. The SMILES string of the molecule is CC(C)Oc1ccc(-c2nc(-c3cccc4c3CC3CC(=O)N(C(CO)C(C)C)C43)no2)cc1C#N. The van der Waals surface area contributed by atoms with Gasteiger partial charge < -0.3 is 19.3 Å². The topological polar surface area (TPSA) is 112 Å². The first-order valence-corrected chi connectivity index (χ1v) is 12.4. The molecule has 2 heterocycles. The summed E-state index contributed by atoms with van der Waals surface area (Å²) in [6, 6.07) is 13.2. The fourth-order valence-electron chi connectivity index (χ4n) is 5.56. The number of nitriles is 1. The van der Waals surface area contributed by atoms with Crippen molar-refractivity contribution in [2.24, 2.45) is 11.8 Å². The van der Waals surface area contributed by atoms with Gasteiger partial charge in [0.1, 0.15) is 11.8 Å². The Labute approximate surface area is 210 Å².